The summed E-state index contributed by atoms with van der Waals surface area (Å²) < 4.78 is 12.0. The number of ether oxygens (including phenoxy) is 2. The van der Waals surface area contributed by atoms with Crippen LogP contribution in [0, 0.1) is 0 Å². The lowest BCUT2D eigenvalue weighted by molar-refractivity contribution is -0.124. The molecule has 4 heterocycles. The first kappa shape index (κ1) is 16.9. The van der Waals surface area contributed by atoms with Crippen LogP contribution in [0.4, 0.5) is 5.69 Å². The Balaban J connectivity index is 1.53. The summed E-state index contributed by atoms with van der Waals surface area (Å²) in [5.41, 5.74) is 1.15. The summed E-state index contributed by atoms with van der Waals surface area (Å²) in [6.45, 7) is 4.12. The van der Waals surface area contributed by atoms with E-state index in [2.05, 4.69) is 14.9 Å². The maximum Gasteiger partial charge on any atom is 0.254 e. The van der Waals surface area contributed by atoms with E-state index >= 15 is 0 Å². The molecule has 0 unspecified atom stereocenters. The van der Waals surface area contributed by atoms with E-state index in [1.807, 2.05) is 23.2 Å². The molecule has 7 nitrogen and oxygen atoms in total. The second-order valence-corrected chi connectivity index (χ2v) is 6.68. The highest BCUT2D eigenvalue weighted by Crippen LogP contribution is 2.26. The first-order chi connectivity index (χ1) is 12.8. The molecule has 0 aliphatic carbocycles. The average molecular weight is 354 g/mol. The Labute approximate surface area is 152 Å². The number of pyridine rings is 2. The van der Waals surface area contributed by atoms with Crippen molar-refractivity contribution < 1.29 is 14.3 Å². The number of aromatic nitrogens is 2. The maximum atomic E-state index is 12.8. The SMILES string of the molecule is O=C(c1ccncc1)N1CCO[C@]2(COCCN(c3cccnc3)C2)C1. The van der Waals surface area contributed by atoms with Crippen LogP contribution < -0.4 is 4.90 Å². The molecule has 2 aliphatic rings. The van der Waals surface area contributed by atoms with E-state index < -0.39 is 5.60 Å². The Morgan fingerprint density at radius 2 is 1.92 bits per heavy atom. The summed E-state index contributed by atoms with van der Waals surface area (Å²) in [7, 11) is 0. The van der Waals surface area contributed by atoms with Gasteiger partial charge >= 0.3 is 0 Å². The summed E-state index contributed by atoms with van der Waals surface area (Å²) in [4.78, 5) is 25.1. The standard InChI is InChI=1S/C19H22N4O3/c24-18(16-3-6-20-7-4-16)23-9-11-26-19(14-23)13-22(8-10-25-15-19)17-2-1-5-21-12-17/h1-7,12H,8-11,13-15H2/t19-/m0/s1. The molecule has 0 bridgehead atoms. The lowest BCUT2D eigenvalue weighted by Gasteiger charge is -2.43. The highest BCUT2D eigenvalue weighted by Gasteiger charge is 2.41. The van der Waals surface area contributed by atoms with Gasteiger partial charge < -0.3 is 19.3 Å². The van der Waals surface area contributed by atoms with Crippen molar-refractivity contribution in [1.82, 2.24) is 14.9 Å². The molecular formula is C19H22N4O3. The molecule has 0 saturated carbocycles. The average Bonchev–Trinajstić information content (AvgIpc) is 2.91. The predicted molar refractivity (Wildman–Crippen MR) is 96.1 cm³/mol. The van der Waals surface area contributed by atoms with E-state index in [1.54, 1.807) is 30.7 Å². The van der Waals surface area contributed by atoms with E-state index in [0.717, 1.165) is 12.2 Å². The van der Waals surface area contributed by atoms with E-state index in [4.69, 9.17) is 9.47 Å². The van der Waals surface area contributed by atoms with Gasteiger partial charge in [0, 0.05) is 37.2 Å². The van der Waals surface area contributed by atoms with E-state index in [1.165, 1.54) is 0 Å². The fourth-order valence-corrected chi connectivity index (χ4v) is 3.54. The Bertz CT molecular complexity index is 743. The Morgan fingerprint density at radius 3 is 2.73 bits per heavy atom. The second kappa shape index (κ2) is 7.39. The largest absolute Gasteiger partial charge is 0.376 e. The van der Waals surface area contributed by atoms with Crippen LogP contribution in [-0.4, -0.2) is 72.4 Å². The first-order valence-electron chi connectivity index (χ1n) is 8.82. The van der Waals surface area contributed by atoms with Crippen LogP contribution >= 0.6 is 0 Å². The van der Waals surface area contributed by atoms with Gasteiger partial charge in [-0.1, -0.05) is 0 Å². The molecule has 1 spiro atoms. The van der Waals surface area contributed by atoms with Gasteiger partial charge in [0.15, 0.2) is 0 Å². The van der Waals surface area contributed by atoms with Gasteiger partial charge in [0.25, 0.3) is 5.91 Å². The maximum absolute atomic E-state index is 12.8. The fourth-order valence-electron chi connectivity index (χ4n) is 3.54. The van der Waals surface area contributed by atoms with E-state index in [-0.39, 0.29) is 5.91 Å². The number of hydrogen-bond acceptors (Lipinski definition) is 6. The molecule has 1 atom stereocenters. The number of rotatable bonds is 2. The Kier molecular flexibility index (Phi) is 4.81. The van der Waals surface area contributed by atoms with Gasteiger partial charge in [-0.3, -0.25) is 14.8 Å². The molecule has 2 aromatic heterocycles. The molecular weight excluding hydrogens is 332 g/mol. The van der Waals surface area contributed by atoms with Gasteiger partial charge in [0.1, 0.15) is 5.60 Å². The smallest absolute Gasteiger partial charge is 0.254 e. The molecule has 0 aromatic carbocycles. The fraction of sp³-hybridized carbons (Fsp3) is 0.421. The Morgan fingerprint density at radius 1 is 1.04 bits per heavy atom. The minimum atomic E-state index is -0.534. The van der Waals surface area contributed by atoms with Crippen molar-refractivity contribution in [2.24, 2.45) is 0 Å². The molecule has 4 rings (SSSR count). The van der Waals surface area contributed by atoms with Crippen LogP contribution in [0.5, 0.6) is 0 Å². The highest BCUT2D eigenvalue weighted by molar-refractivity contribution is 5.94. The third kappa shape index (κ3) is 3.54. The van der Waals surface area contributed by atoms with Crippen LogP contribution in [-0.2, 0) is 9.47 Å². The summed E-state index contributed by atoms with van der Waals surface area (Å²) in [6, 6.07) is 7.45. The molecule has 0 radical (unpaired) electrons. The number of anilines is 1. The molecule has 1 amide bonds. The van der Waals surface area contributed by atoms with Crippen molar-refractivity contribution in [2.45, 2.75) is 5.60 Å². The van der Waals surface area contributed by atoms with Crippen molar-refractivity contribution in [3.63, 3.8) is 0 Å². The van der Waals surface area contributed by atoms with Gasteiger partial charge in [0.05, 0.1) is 44.8 Å². The normalized spacial score (nSPS) is 23.7. The topological polar surface area (TPSA) is 67.8 Å². The quantitative estimate of drug-likeness (QED) is 0.808. The molecule has 0 N–H and O–H groups in total. The van der Waals surface area contributed by atoms with Gasteiger partial charge in [-0.15, -0.1) is 0 Å². The number of carbonyl (C=O) groups excluding carboxylic acids is 1. The lowest BCUT2D eigenvalue weighted by Crippen LogP contribution is -2.60. The van der Waals surface area contributed by atoms with Gasteiger partial charge in [-0.05, 0) is 24.3 Å². The molecule has 2 fully saturated rings. The lowest BCUT2D eigenvalue weighted by atomic mass is 10.0. The van der Waals surface area contributed by atoms with Crippen molar-refractivity contribution in [2.75, 3.05) is 50.9 Å². The summed E-state index contributed by atoms with van der Waals surface area (Å²) in [6.07, 6.45) is 6.90. The van der Waals surface area contributed by atoms with Crippen molar-refractivity contribution in [3.05, 3.63) is 54.6 Å². The number of morpholine rings is 1. The molecule has 2 aliphatic heterocycles. The highest BCUT2D eigenvalue weighted by atomic mass is 16.5. The molecule has 7 heteroatoms. The monoisotopic (exact) mass is 354 g/mol. The predicted octanol–water partition coefficient (Wildman–Crippen LogP) is 1.22. The zero-order chi connectivity index (χ0) is 17.8. The van der Waals surface area contributed by atoms with Gasteiger partial charge in [-0.25, -0.2) is 0 Å². The van der Waals surface area contributed by atoms with Crippen LogP contribution in [0.2, 0.25) is 0 Å². The van der Waals surface area contributed by atoms with Crippen LogP contribution in [0.3, 0.4) is 0 Å². The molecule has 2 saturated heterocycles. The minimum absolute atomic E-state index is 0.00671. The molecule has 2 aromatic rings. The minimum Gasteiger partial charge on any atom is -0.376 e. The second-order valence-electron chi connectivity index (χ2n) is 6.68. The van der Waals surface area contributed by atoms with Crippen LogP contribution in [0.1, 0.15) is 10.4 Å². The third-order valence-electron chi connectivity index (χ3n) is 4.82. The molecule has 136 valence electrons. The zero-order valence-corrected chi connectivity index (χ0v) is 14.6. The van der Waals surface area contributed by atoms with Crippen LogP contribution in [0.25, 0.3) is 0 Å². The van der Waals surface area contributed by atoms with Crippen LogP contribution in [0.15, 0.2) is 49.1 Å². The summed E-state index contributed by atoms with van der Waals surface area (Å²) >= 11 is 0. The summed E-state index contributed by atoms with van der Waals surface area (Å²) in [5, 5.41) is 0. The number of amides is 1. The number of nitrogens with zero attached hydrogens (tertiary/aromatic N) is 4. The van der Waals surface area contributed by atoms with E-state index in [9.17, 15) is 4.79 Å². The van der Waals surface area contributed by atoms with Gasteiger partial charge in [-0.2, -0.15) is 0 Å². The van der Waals surface area contributed by atoms with Crippen molar-refractivity contribution >= 4 is 11.6 Å². The first-order valence-corrected chi connectivity index (χ1v) is 8.82. The van der Waals surface area contributed by atoms with Crippen molar-refractivity contribution in [1.29, 1.82) is 0 Å². The van der Waals surface area contributed by atoms with Gasteiger partial charge in [0.2, 0.25) is 0 Å². The zero-order valence-electron chi connectivity index (χ0n) is 14.6. The van der Waals surface area contributed by atoms with E-state index in [0.29, 0.717) is 45.0 Å². The molecule has 26 heavy (non-hydrogen) atoms. The summed E-state index contributed by atoms with van der Waals surface area (Å²) in [5.74, 6) is 0.00671. The number of carbonyl (C=O) groups is 1. The third-order valence-corrected chi connectivity index (χ3v) is 4.82. The van der Waals surface area contributed by atoms with Crippen molar-refractivity contribution in [3.8, 4) is 0 Å². The number of hydrogen-bond donors (Lipinski definition) is 0. The Hall–Kier alpha value is -2.51.